The van der Waals surface area contributed by atoms with Crippen molar-refractivity contribution in [2.45, 2.75) is 25.7 Å². The molecule has 0 radical (unpaired) electrons. The zero-order chi connectivity index (χ0) is 12.5. The second kappa shape index (κ2) is 7.60. The smallest absolute Gasteiger partial charge is 0.309 e. The molecule has 92 valence electrons. The van der Waals surface area contributed by atoms with E-state index in [0.29, 0.717) is 6.42 Å². The van der Waals surface area contributed by atoms with Gasteiger partial charge < -0.3 is 9.53 Å². The lowest BCUT2D eigenvalue weighted by atomic mass is 9.97. The predicted octanol–water partition coefficient (Wildman–Crippen LogP) is 2.39. The van der Waals surface area contributed by atoms with Crippen LogP contribution in [0.15, 0.2) is 30.3 Å². The van der Waals surface area contributed by atoms with Crippen molar-refractivity contribution in [3.8, 4) is 0 Å². The largest absolute Gasteiger partial charge is 0.469 e. The Bertz CT molecular complexity index is 346. The first-order valence-corrected chi connectivity index (χ1v) is 5.83. The molecule has 17 heavy (non-hydrogen) atoms. The molecule has 0 heterocycles. The highest BCUT2D eigenvalue weighted by Gasteiger charge is 2.17. The summed E-state index contributed by atoms with van der Waals surface area (Å²) in [6, 6.07) is 10.1. The van der Waals surface area contributed by atoms with Crippen LogP contribution in [0.25, 0.3) is 0 Å². The van der Waals surface area contributed by atoms with Crippen molar-refractivity contribution in [1.29, 1.82) is 0 Å². The zero-order valence-corrected chi connectivity index (χ0v) is 10.1. The van der Waals surface area contributed by atoms with Gasteiger partial charge in [0.1, 0.15) is 6.29 Å². The van der Waals surface area contributed by atoms with Crippen LogP contribution in [0.2, 0.25) is 0 Å². The van der Waals surface area contributed by atoms with E-state index in [-0.39, 0.29) is 18.3 Å². The number of aldehydes is 1. The van der Waals surface area contributed by atoms with E-state index >= 15 is 0 Å². The molecular formula is C14H18O3. The SMILES string of the molecule is COC(=O)[C@H](CC=O)CCCc1ccccc1. The van der Waals surface area contributed by atoms with E-state index in [1.165, 1.54) is 12.7 Å². The third-order valence-corrected chi connectivity index (χ3v) is 2.78. The number of ether oxygens (including phenoxy) is 1. The molecule has 0 amide bonds. The number of carbonyl (C=O) groups excluding carboxylic acids is 2. The van der Waals surface area contributed by atoms with E-state index < -0.39 is 0 Å². The lowest BCUT2D eigenvalue weighted by molar-refractivity contribution is -0.146. The van der Waals surface area contributed by atoms with Crippen molar-refractivity contribution >= 4 is 12.3 Å². The van der Waals surface area contributed by atoms with Gasteiger partial charge in [-0.1, -0.05) is 30.3 Å². The third kappa shape index (κ3) is 4.81. The number of carbonyl (C=O) groups is 2. The molecule has 1 aromatic rings. The first-order chi connectivity index (χ1) is 8.27. The molecule has 0 aliphatic carbocycles. The van der Waals surface area contributed by atoms with Crippen molar-refractivity contribution in [2.75, 3.05) is 7.11 Å². The summed E-state index contributed by atoms with van der Waals surface area (Å²) < 4.78 is 4.67. The van der Waals surface area contributed by atoms with Gasteiger partial charge in [-0.15, -0.1) is 0 Å². The van der Waals surface area contributed by atoms with Crippen LogP contribution in [0.5, 0.6) is 0 Å². The second-order valence-electron chi connectivity index (χ2n) is 4.00. The van der Waals surface area contributed by atoms with E-state index in [1.54, 1.807) is 0 Å². The summed E-state index contributed by atoms with van der Waals surface area (Å²) in [4.78, 5) is 21.8. The summed E-state index contributed by atoms with van der Waals surface area (Å²) in [6.07, 6.45) is 3.54. The molecule has 0 aliphatic rings. The van der Waals surface area contributed by atoms with Crippen LogP contribution < -0.4 is 0 Å². The molecule has 0 aliphatic heterocycles. The van der Waals surface area contributed by atoms with Crippen LogP contribution in [0.1, 0.15) is 24.8 Å². The molecule has 3 nitrogen and oxygen atoms in total. The van der Waals surface area contributed by atoms with Crippen molar-refractivity contribution in [2.24, 2.45) is 5.92 Å². The Hall–Kier alpha value is -1.64. The fraction of sp³-hybridized carbons (Fsp3) is 0.429. The molecule has 0 unspecified atom stereocenters. The van der Waals surface area contributed by atoms with Crippen LogP contribution in [0.3, 0.4) is 0 Å². The van der Waals surface area contributed by atoms with E-state index in [4.69, 9.17) is 0 Å². The van der Waals surface area contributed by atoms with Crippen molar-refractivity contribution in [1.82, 2.24) is 0 Å². The summed E-state index contributed by atoms with van der Waals surface area (Å²) in [5, 5.41) is 0. The van der Waals surface area contributed by atoms with Gasteiger partial charge in [-0.25, -0.2) is 0 Å². The van der Waals surface area contributed by atoms with Gasteiger partial charge in [-0.3, -0.25) is 4.79 Å². The molecule has 0 aromatic heterocycles. The highest BCUT2D eigenvalue weighted by atomic mass is 16.5. The molecule has 0 bridgehead atoms. The van der Waals surface area contributed by atoms with Gasteiger partial charge in [0.2, 0.25) is 0 Å². The number of methoxy groups -OCH3 is 1. The first-order valence-electron chi connectivity index (χ1n) is 5.83. The van der Waals surface area contributed by atoms with Crippen LogP contribution in [-0.2, 0) is 20.7 Å². The number of hydrogen-bond donors (Lipinski definition) is 0. The number of hydrogen-bond acceptors (Lipinski definition) is 3. The summed E-state index contributed by atoms with van der Waals surface area (Å²) in [5.74, 6) is -0.577. The molecule has 0 N–H and O–H groups in total. The minimum absolute atomic E-state index is 0.251. The highest BCUT2D eigenvalue weighted by Crippen LogP contribution is 2.14. The van der Waals surface area contributed by atoms with Gasteiger partial charge in [-0.05, 0) is 24.8 Å². The van der Waals surface area contributed by atoms with E-state index in [2.05, 4.69) is 16.9 Å². The van der Waals surface area contributed by atoms with Gasteiger partial charge in [0, 0.05) is 6.42 Å². The zero-order valence-electron chi connectivity index (χ0n) is 10.1. The molecule has 1 rings (SSSR count). The predicted molar refractivity (Wildman–Crippen MR) is 65.6 cm³/mol. The van der Waals surface area contributed by atoms with Crippen LogP contribution in [-0.4, -0.2) is 19.4 Å². The average molecular weight is 234 g/mol. The number of aryl methyl sites for hydroxylation is 1. The topological polar surface area (TPSA) is 43.4 Å². The highest BCUT2D eigenvalue weighted by molar-refractivity contribution is 5.75. The lowest BCUT2D eigenvalue weighted by Crippen LogP contribution is -2.16. The molecular weight excluding hydrogens is 216 g/mol. The monoisotopic (exact) mass is 234 g/mol. The summed E-state index contributed by atoms with van der Waals surface area (Å²) in [7, 11) is 1.36. The minimum Gasteiger partial charge on any atom is -0.469 e. The normalized spacial score (nSPS) is 11.8. The summed E-state index contributed by atoms with van der Waals surface area (Å²) in [5.41, 5.74) is 1.25. The Labute approximate surface area is 102 Å². The number of esters is 1. The van der Waals surface area contributed by atoms with E-state index in [1.807, 2.05) is 18.2 Å². The Morgan fingerprint density at radius 3 is 2.65 bits per heavy atom. The molecule has 0 fully saturated rings. The molecule has 0 saturated heterocycles. The fourth-order valence-corrected chi connectivity index (χ4v) is 1.81. The van der Waals surface area contributed by atoms with Crippen molar-refractivity contribution in [3.05, 3.63) is 35.9 Å². The van der Waals surface area contributed by atoms with Gasteiger partial charge in [0.25, 0.3) is 0 Å². The van der Waals surface area contributed by atoms with Crippen molar-refractivity contribution in [3.63, 3.8) is 0 Å². The molecule has 0 spiro atoms. The Balaban J connectivity index is 2.37. The minimum atomic E-state index is -0.291. The first kappa shape index (κ1) is 13.4. The van der Waals surface area contributed by atoms with Gasteiger partial charge in [-0.2, -0.15) is 0 Å². The van der Waals surface area contributed by atoms with Crippen LogP contribution >= 0.6 is 0 Å². The average Bonchev–Trinajstić information content (AvgIpc) is 2.38. The Morgan fingerprint density at radius 2 is 2.06 bits per heavy atom. The standard InChI is InChI=1S/C14H18O3/c1-17-14(16)13(10-11-15)9-5-8-12-6-3-2-4-7-12/h2-4,6-7,11,13H,5,8-10H2,1H3/t13-/m0/s1. The summed E-state index contributed by atoms with van der Waals surface area (Å²) in [6.45, 7) is 0. The van der Waals surface area contributed by atoms with Crippen LogP contribution in [0.4, 0.5) is 0 Å². The van der Waals surface area contributed by atoms with Crippen LogP contribution in [0, 0.1) is 5.92 Å². The van der Waals surface area contributed by atoms with E-state index in [9.17, 15) is 9.59 Å². The third-order valence-electron chi connectivity index (χ3n) is 2.78. The maximum Gasteiger partial charge on any atom is 0.309 e. The fourth-order valence-electron chi connectivity index (χ4n) is 1.81. The number of benzene rings is 1. The lowest BCUT2D eigenvalue weighted by Gasteiger charge is -2.11. The summed E-state index contributed by atoms with van der Waals surface area (Å²) >= 11 is 0. The molecule has 0 saturated carbocycles. The second-order valence-corrected chi connectivity index (χ2v) is 4.00. The van der Waals surface area contributed by atoms with Gasteiger partial charge in [0.15, 0.2) is 0 Å². The Kier molecular flexibility index (Phi) is 6.00. The Morgan fingerprint density at radius 1 is 1.35 bits per heavy atom. The molecule has 3 heteroatoms. The molecule has 1 aromatic carbocycles. The molecule has 1 atom stereocenters. The maximum atomic E-state index is 11.4. The van der Waals surface area contributed by atoms with Gasteiger partial charge >= 0.3 is 5.97 Å². The van der Waals surface area contributed by atoms with Gasteiger partial charge in [0.05, 0.1) is 13.0 Å². The quantitative estimate of drug-likeness (QED) is 0.537. The number of rotatable bonds is 7. The van der Waals surface area contributed by atoms with E-state index in [0.717, 1.165) is 19.1 Å². The maximum absolute atomic E-state index is 11.4. The van der Waals surface area contributed by atoms with Crippen molar-refractivity contribution < 1.29 is 14.3 Å².